The fraction of sp³-hybridized carbons (Fsp3) is 0.533. The molecule has 0 fully saturated rings. The van der Waals surface area contributed by atoms with E-state index in [1.165, 1.54) is 0 Å². The van der Waals surface area contributed by atoms with Crippen LogP contribution >= 0.6 is 0 Å². The van der Waals surface area contributed by atoms with Gasteiger partial charge in [-0.05, 0) is 18.4 Å². The highest BCUT2D eigenvalue weighted by Gasteiger charge is 2.14. The van der Waals surface area contributed by atoms with Crippen LogP contribution in [-0.2, 0) is 9.53 Å². The molecule has 0 amide bonds. The molecule has 2 atom stereocenters. The molecule has 3 heteroatoms. The molecule has 0 aromatic heterocycles. The second kappa shape index (κ2) is 8.01. The molecule has 0 heterocycles. The van der Waals surface area contributed by atoms with Gasteiger partial charge in [0, 0.05) is 32.1 Å². The first kappa shape index (κ1) is 14.9. The standard InChI is InChI=1S/C15H23NO2/c1-12(10-11-18-2)15(17)9-8-14(16)13-6-4-3-5-7-13/h3-7,12,14H,8-11,16H2,1-2H3. The van der Waals surface area contributed by atoms with E-state index in [1.807, 2.05) is 37.3 Å². The van der Waals surface area contributed by atoms with Crippen LogP contribution in [0.2, 0.25) is 0 Å². The molecule has 0 saturated carbocycles. The monoisotopic (exact) mass is 249 g/mol. The van der Waals surface area contributed by atoms with Gasteiger partial charge in [0.1, 0.15) is 5.78 Å². The number of carbonyl (C=O) groups excluding carboxylic acids is 1. The van der Waals surface area contributed by atoms with Gasteiger partial charge < -0.3 is 10.5 Å². The highest BCUT2D eigenvalue weighted by atomic mass is 16.5. The van der Waals surface area contributed by atoms with Crippen molar-refractivity contribution in [1.29, 1.82) is 0 Å². The topological polar surface area (TPSA) is 52.3 Å². The highest BCUT2D eigenvalue weighted by molar-refractivity contribution is 5.80. The lowest BCUT2D eigenvalue weighted by Gasteiger charge is -2.14. The average molecular weight is 249 g/mol. The third-order valence-electron chi connectivity index (χ3n) is 3.23. The Morgan fingerprint density at radius 3 is 2.56 bits per heavy atom. The predicted molar refractivity (Wildman–Crippen MR) is 73.3 cm³/mol. The van der Waals surface area contributed by atoms with Crippen LogP contribution in [-0.4, -0.2) is 19.5 Å². The maximum absolute atomic E-state index is 11.9. The fourth-order valence-corrected chi connectivity index (χ4v) is 1.87. The maximum atomic E-state index is 11.9. The Bertz CT molecular complexity index is 351. The Morgan fingerprint density at radius 1 is 1.28 bits per heavy atom. The van der Waals surface area contributed by atoms with Gasteiger partial charge in [0.2, 0.25) is 0 Å². The highest BCUT2D eigenvalue weighted by Crippen LogP contribution is 2.17. The fourth-order valence-electron chi connectivity index (χ4n) is 1.87. The quantitative estimate of drug-likeness (QED) is 0.770. The number of benzene rings is 1. The van der Waals surface area contributed by atoms with Crippen molar-refractivity contribution in [3.63, 3.8) is 0 Å². The van der Waals surface area contributed by atoms with E-state index >= 15 is 0 Å². The molecule has 1 aromatic carbocycles. The molecule has 18 heavy (non-hydrogen) atoms. The van der Waals surface area contributed by atoms with Gasteiger partial charge in [0.05, 0.1) is 0 Å². The van der Waals surface area contributed by atoms with Crippen LogP contribution < -0.4 is 5.73 Å². The SMILES string of the molecule is COCCC(C)C(=O)CCC(N)c1ccccc1. The van der Waals surface area contributed by atoms with Crippen molar-refractivity contribution in [1.82, 2.24) is 0 Å². The lowest BCUT2D eigenvalue weighted by molar-refractivity contribution is -0.123. The Hall–Kier alpha value is -1.19. The predicted octanol–water partition coefficient (Wildman–Crippen LogP) is 2.71. The molecule has 0 aliphatic carbocycles. The minimum absolute atomic E-state index is 0.0511. The summed E-state index contributed by atoms with van der Waals surface area (Å²) >= 11 is 0. The van der Waals surface area contributed by atoms with E-state index in [-0.39, 0.29) is 17.7 Å². The van der Waals surface area contributed by atoms with Crippen molar-refractivity contribution < 1.29 is 9.53 Å². The first-order valence-corrected chi connectivity index (χ1v) is 6.47. The summed E-state index contributed by atoms with van der Waals surface area (Å²) in [5.74, 6) is 0.339. The van der Waals surface area contributed by atoms with Crippen molar-refractivity contribution in [2.45, 2.75) is 32.2 Å². The number of ketones is 1. The number of nitrogens with two attached hydrogens (primary N) is 1. The van der Waals surface area contributed by atoms with Gasteiger partial charge in [0.25, 0.3) is 0 Å². The van der Waals surface area contributed by atoms with Crippen LogP contribution in [0, 0.1) is 5.92 Å². The summed E-state index contributed by atoms with van der Waals surface area (Å²) in [4.78, 5) is 11.9. The molecule has 0 aliphatic heterocycles. The number of Topliss-reactive ketones (excluding diaryl/α,β-unsaturated/α-hetero) is 1. The summed E-state index contributed by atoms with van der Waals surface area (Å²) in [6.45, 7) is 2.59. The van der Waals surface area contributed by atoms with Gasteiger partial charge in [-0.1, -0.05) is 37.3 Å². The molecule has 1 rings (SSSR count). The molecule has 0 radical (unpaired) electrons. The van der Waals surface area contributed by atoms with Crippen molar-refractivity contribution in [3.8, 4) is 0 Å². The first-order valence-electron chi connectivity index (χ1n) is 6.47. The van der Waals surface area contributed by atoms with Crippen molar-refractivity contribution >= 4 is 5.78 Å². The van der Waals surface area contributed by atoms with Crippen LogP contribution in [0.1, 0.15) is 37.8 Å². The smallest absolute Gasteiger partial charge is 0.135 e. The summed E-state index contributed by atoms with van der Waals surface area (Å²) in [7, 11) is 1.66. The average Bonchev–Trinajstić information content (AvgIpc) is 2.42. The third kappa shape index (κ3) is 4.98. The van der Waals surface area contributed by atoms with Crippen LogP contribution in [0.5, 0.6) is 0 Å². The van der Waals surface area contributed by atoms with Crippen LogP contribution in [0.4, 0.5) is 0 Å². The molecular formula is C15H23NO2. The Balaban J connectivity index is 2.34. The number of hydrogen-bond donors (Lipinski definition) is 1. The molecule has 2 unspecified atom stereocenters. The molecule has 100 valence electrons. The molecule has 0 saturated heterocycles. The molecule has 3 nitrogen and oxygen atoms in total. The zero-order valence-electron chi connectivity index (χ0n) is 11.3. The van der Waals surface area contributed by atoms with E-state index in [4.69, 9.17) is 10.5 Å². The van der Waals surface area contributed by atoms with Crippen LogP contribution in [0.3, 0.4) is 0 Å². The van der Waals surface area contributed by atoms with E-state index in [0.717, 1.165) is 12.0 Å². The van der Waals surface area contributed by atoms with E-state index in [9.17, 15) is 4.79 Å². The summed E-state index contributed by atoms with van der Waals surface area (Å²) in [6.07, 6.45) is 2.04. The minimum atomic E-state index is -0.0511. The Morgan fingerprint density at radius 2 is 1.94 bits per heavy atom. The van der Waals surface area contributed by atoms with Gasteiger partial charge in [-0.15, -0.1) is 0 Å². The van der Waals surface area contributed by atoms with E-state index in [0.29, 0.717) is 19.4 Å². The van der Waals surface area contributed by atoms with Crippen molar-refractivity contribution in [3.05, 3.63) is 35.9 Å². The van der Waals surface area contributed by atoms with Crippen LogP contribution in [0.25, 0.3) is 0 Å². The largest absolute Gasteiger partial charge is 0.385 e. The number of ether oxygens (including phenoxy) is 1. The third-order valence-corrected chi connectivity index (χ3v) is 3.23. The molecule has 1 aromatic rings. The van der Waals surface area contributed by atoms with Crippen molar-refractivity contribution in [2.75, 3.05) is 13.7 Å². The maximum Gasteiger partial charge on any atom is 0.135 e. The first-order chi connectivity index (χ1) is 8.65. The van der Waals surface area contributed by atoms with Crippen LogP contribution in [0.15, 0.2) is 30.3 Å². The van der Waals surface area contributed by atoms with Gasteiger partial charge in [-0.3, -0.25) is 4.79 Å². The molecular weight excluding hydrogens is 226 g/mol. The Kier molecular flexibility index (Phi) is 6.61. The summed E-state index contributed by atoms with van der Waals surface area (Å²) in [5, 5.41) is 0. The minimum Gasteiger partial charge on any atom is -0.385 e. The summed E-state index contributed by atoms with van der Waals surface area (Å²) < 4.78 is 4.98. The second-order valence-electron chi connectivity index (χ2n) is 4.70. The number of carbonyl (C=O) groups is 1. The zero-order chi connectivity index (χ0) is 13.4. The van der Waals surface area contributed by atoms with E-state index in [2.05, 4.69) is 0 Å². The van der Waals surface area contributed by atoms with Gasteiger partial charge >= 0.3 is 0 Å². The normalized spacial score (nSPS) is 14.2. The number of methoxy groups -OCH3 is 1. The molecule has 0 spiro atoms. The Labute approximate surface area is 109 Å². The van der Waals surface area contributed by atoms with Gasteiger partial charge in [-0.25, -0.2) is 0 Å². The van der Waals surface area contributed by atoms with E-state index < -0.39 is 0 Å². The lowest BCUT2D eigenvalue weighted by atomic mass is 9.95. The van der Waals surface area contributed by atoms with E-state index in [1.54, 1.807) is 7.11 Å². The van der Waals surface area contributed by atoms with Gasteiger partial charge in [0.15, 0.2) is 0 Å². The molecule has 0 bridgehead atoms. The number of hydrogen-bond acceptors (Lipinski definition) is 3. The summed E-state index contributed by atoms with van der Waals surface area (Å²) in [5.41, 5.74) is 7.16. The van der Waals surface area contributed by atoms with Crippen molar-refractivity contribution in [2.24, 2.45) is 11.7 Å². The molecule has 0 aliphatic rings. The summed E-state index contributed by atoms with van der Waals surface area (Å²) in [6, 6.07) is 9.86. The van der Waals surface area contributed by atoms with Gasteiger partial charge in [-0.2, -0.15) is 0 Å². The number of rotatable bonds is 8. The zero-order valence-corrected chi connectivity index (χ0v) is 11.3. The molecule has 2 N–H and O–H groups in total. The second-order valence-corrected chi connectivity index (χ2v) is 4.70. The lowest BCUT2D eigenvalue weighted by Crippen LogP contribution is -2.17.